The van der Waals surface area contributed by atoms with Crippen molar-refractivity contribution in [1.82, 2.24) is 24.6 Å². The molecule has 1 aromatic heterocycles. The van der Waals surface area contributed by atoms with Gasteiger partial charge in [0.2, 0.25) is 5.82 Å². The average Bonchev–Trinajstić information content (AvgIpc) is 2.98. The molecule has 0 N–H and O–H groups in total. The summed E-state index contributed by atoms with van der Waals surface area (Å²) in [6.45, 7) is 2.83. The van der Waals surface area contributed by atoms with Crippen LogP contribution in [0.15, 0.2) is 6.33 Å². The topological polar surface area (TPSA) is 54.3 Å². The van der Waals surface area contributed by atoms with E-state index in [9.17, 15) is 4.79 Å². The van der Waals surface area contributed by atoms with E-state index in [1.54, 1.807) is 18.1 Å². The van der Waals surface area contributed by atoms with Crippen molar-refractivity contribution in [3.8, 4) is 0 Å². The van der Waals surface area contributed by atoms with Gasteiger partial charge in [0.05, 0.1) is 0 Å². The highest BCUT2D eigenvalue weighted by Crippen LogP contribution is 2.37. The Morgan fingerprint density at radius 1 is 1.21 bits per heavy atom. The van der Waals surface area contributed by atoms with Crippen LogP contribution in [-0.2, 0) is 7.05 Å². The molecule has 6 nitrogen and oxygen atoms in total. The first-order valence-electron chi connectivity index (χ1n) is 6.97. The van der Waals surface area contributed by atoms with Crippen LogP contribution in [0.25, 0.3) is 0 Å². The minimum atomic E-state index is -0.0314. The second kappa shape index (κ2) is 4.59. The number of likely N-dealkylation sites (tertiary alicyclic amines) is 2. The summed E-state index contributed by atoms with van der Waals surface area (Å²) in [5.41, 5.74) is 0.342. The molecule has 0 radical (unpaired) electrons. The van der Waals surface area contributed by atoms with Crippen LogP contribution in [0.4, 0.5) is 0 Å². The van der Waals surface area contributed by atoms with Crippen molar-refractivity contribution in [2.45, 2.75) is 31.2 Å². The summed E-state index contributed by atoms with van der Waals surface area (Å²) in [4.78, 5) is 20.7. The van der Waals surface area contributed by atoms with Crippen LogP contribution in [0.3, 0.4) is 0 Å². The molecule has 2 aliphatic heterocycles. The van der Waals surface area contributed by atoms with Crippen LogP contribution in [0, 0.1) is 0 Å². The SMILES string of the molecule is CN1CCCC12CCN(C(=O)c1ncn(C)n1)CC2. The zero-order chi connectivity index (χ0) is 13.5. The summed E-state index contributed by atoms with van der Waals surface area (Å²) in [7, 11) is 3.99. The van der Waals surface area contributed by atoms with E-state index in [2.05, 4.69) is 22.0 Å². The fraction of sp³-hybridized carbons (Fsp3) is 0.769. The quantitative estimate of drug-likeness (QED) is 0.741. The lowest BCUT2D eigenvalue weighted by Gasteiger charge is -2.43. The molecule has 0 atom stereocenters. The number of hydrogen-bond donors (Lipinski definition) is 0. The first-order valence-corrected chi connectivity index (χ1v) is 6.97. The molecule has 19 heavy (non-hydrogen) atoms. The summed E-state index contributed by atoms with van der Waals surface area (Å²) in [6, 6.07) is 0. The first-order chi connectivity index (χ1) is 9.11. The Morgan fingerprint density at radius 3 is 2.47 bits per heavy atom. The minimum absolute atomic E-state index is 0.0314. The average molecular weight is 263 g/mol. The van der Waals surface area contributed by atoms with Gasteiger partial charge in [0.1, 0.15) is 6.33 Å². The van der Waals surface area contributed by atoms with E-state index in [0.717, 1.165) is 25.9 Å². The van der Waals surface area contributed by atoms with Crippen LogP contribution < -0.4 is 0 Å². The molecule has 0 unspecified atom stereocenters. The summed E-state index contributed by atoms with van der Waals surface area (Å²) in [6.07, 6.45) is 6.27. The van der Waals surface area contributed by atoms with E-state index in [0.29, 0.717) is 11.4 Å². The van der Waals surface area contributed by atoms with Crippen molar-refractivity contribution in [3.63, 3.8) is 0 Å². The van der Waals surface area contributed by atoms with Gasteiger partial charge in [-0.05, 0) is 39.3 Å². The Balaban J connectivity index is 1.65. The molecule has 0 aliphatic carbocycles. The Morgan fingerprint density at radius 2 is 1.95 bits per heavy atom. The molecule has 2 fully saturated rings. The van der Waals surface area contributed by atoms with Gasteiger partial charge in [-0.3, -0.25) is 9.48 Å². The molecule has 2 aliphatic rings. The zero-order valence-corrected chi connectivity index (χ0v) is 11.7. The van der Waals surface area contributed by atoms with Gasteiger partial charge in [-0.2, -0.15) is 0 Å². The third-order valence-corrected chi connectivity index (χ3v) is 4.72. The Labute approximate surface area is 113 Å². The highest BCUT2D eigenvalue weighted by Gasteiger charge is 2.42. The van der Waals surface area contributed by atoms with Crippen molar-refractivity contribution in [2.75, 3.05) is 26.7 Å². The van der Waals surface area contributed by atoms with Crippen molar-refractivity contribution in [2.24, 2.45) is 7.05 Å². The van der Waals surface area contributed by atoms with Crippen LogP contribution in [0.5, 0.6) is 0 Å². The van der Waals surface area contributed by atoms with Crippen molar-refractivity contribution >= 4 is 5.91 Å². The lowest BCUT2D eigenvalue weighted by Crippen LogP contribution is -2.52. The van der Waals surface area contributed by atoms with Gasteiger partial charge >= 0.3 is 0 Å². The number of amides is 1. The third-order valence-electron chi connectivity index (χ3n) is 4.72. The lowest BCUT2D eigenvalue weighted by molar-refractivity contribution is 0.0482. The van der Waals surface area contributed by atoms with Gasteiger partial charge < -0.3 is 9.80 Å². The number of rotatable bonds is 1. The molecule has 0 saturated carbocycles. The Kier molecular flexibility index (Phi) is 3.05. The summed E-state index contributed by atoms with van der Waals surface area (Å²) < 4.78 is 1.57. The maximum atomic E-state index is 12.3. The molecule has 1 spiro atoms. The van der Waals surface area contributed by atoms with Gasteiger partial charge in [0, 0.05) is 25.7 Å². The predicted octanol–water partition coefficient (Wildman–Crippen LogP) is 0.515. The Hall–Kier alpha value is -1.43. The van der Waals surface area contributed by atoms with Gasteiger partial charge in [0.15, 0.2) is 0 Å². The van der Waals surface area contributed by atoms with E-state index < -0.39 is 0 Å². The summed E-state index contributed by atoms with van der Waals surface area (Å²) >= 11 is 0. The normalized spacial score (nSPS) is 23.2. The third kappa shape index (κ3) is 2.14. The highest BCUT2D eigenvalue weighted by molar-refractivity contribution is 5.90. The standard InChI is InChI=1S/C13H21N5O/c1-16-7-3-4-13(16)5-8-18(9-6-13)12(19)11-14-10-17(2)15-11/h10H,3-9H2,1-2H3. The van der Waals surface area contributed by atoms with E-state index in [4.69, 9.17) is 0 Å². The fourth-order valence-corrected chi connectivity index (χ4v) is 3.41. The maximum Gasteiger partial charge on any atom is 0.293 e. The van der Waals surface area contributed by atoms with Crippen molar-refractivity contribution in [3.05, 3.63) is 12.2 Å². The summed E-state index contributed by atoms with van der Waals surface area (Å²) in [5, 5.41) is 4.09. The molecule has 0 bridgehead atoms. The number of carbonyl (C=O) groups excluding carboxylic acids is 1. The molecular formula is C13H21N5O. The molecular weight excluding hydrogens is 242 g/mol. The van der Waals surface area contributed by atoms with Crippen molar-refractivity contribution < 1.29 is 4.79 Å². The number of aromatic nitrogens is 3. The monoisotopic (exact) mass is 263 g/mol. The largest absolute Gasteiger partial charge is 0.336 e. The van der Waals surface area contributed by atoms with Crippen LogP contribution >= 0.6 is 0 Å². The number of nitrogens with zero attached hydrogens (tertiary/aromatic N) is 5. The van der Waals surface area contributed by atoms with E-state index in [-0.39, 0.29) is 5.91 Å². The molecule has 104 valence electrons. The van der Waals surface area contributed by atoms with Crippen LogP contribution in [0.1, 0.15) is 36.3 Å². The van der Waals surface area contributed by atoms with E-state index >= 15 is 0 Å². The second-order valence-corrected chi connectivity index (χ2v) is 5.78. The predicted molar refractivity (Wildman–Crippen MR) is 70.7 cm³/mol. The molecule has 1 aromatic rings. The number of hydrogen-bond acceptors (Lipinski definition) is 4. The number of aryl methyl sites for hydroxylation is 1. The van der Waals surface area contributed by atoms with Gasteiger partial charge in [-0.1, -0.05) is 0 Å². The zero-order valence-electron chi connectivity index (χ0n) is 11.7. The van der Waals surface area contributed by atoms with E-state index in [1.165, 1.54) is 19.4 Å². The molecule has 2 saturated heterocycles. The van der Waals surface area contributed by atoms with Gasteiger partial charge in [0.25, 0.3) is 5.91 Å². The van der Waals surface area contributed by atoms with Gasteiger partial charge in [-0.15, -0.1) is 5.10 Å². The van der Waals surface area contributed by atoms with Gasteiger partial charge in [-0.25, -0.2) is 4.98 Å². The molecule has 3 rings (SSSR count). The van der Waals surface area contributed by atoms with E-state index in [1.807, 2.05) is 4.90 Å². The molecule has 0 aromatic carbocycles. The molecule has 6 heteroatoms. The smallest absolute Gasteiger partial charge is 0.293 e. The summed E-state index contributed by atoms with van der Waals surface area (Å²) in [5.74, 6) is 0.286. The number of piperidine rings is 1. The number of carbonyl (C=O) groups is 1. The van der Waals surface area contributed by atoms with Crippen molar-refractivity contribution in [1.29, 1.82) is 0 Å². The maximum absolute atomic E-state index is 12.3. The van der Waals surface area contributed by atoms with Crippen LogP contribution in [-0.4, -0.2) is 62.7 Å². The first kappa shape index (κ1) is 12.6. The highest BCUT2D eigenvalue weighted by atomic mass is 16.2. The lowest BCUT2D eigenvalue weighted by atomic mass is 9.85. The molecule has 3 heterocycles. The molecule has 1 amide bonds. The second-order valence-electron chi connectivity index (χ2n) is 5.78. The minimum Gasteiger partial charge on any atom is -0.336 e. The Bertz CT molecular complexity index is 475. The van der Waals surface area contributed by atoms with Crippen LogP contribution in [0.2, 0.25) is 0 Å². The fourth-order valence-electron chi connectivity index (χ4n) is 3.41.